The zero-order valence-corrected chi connectivity index (χ0v) is 13.3. The van der Waals surface area contributed by atoms with Crippen LogP contribution in [0.25, 0.3) is 0 Å². The van der Waals surface area contributed by atoms with Gasteiger partial charge in [0.2, 0.25) is 0 Å². The van der Waals surface area contributed by atoms with Crippen LogP contribution < -0.4 is 0 Å². The van der Waals surface area contributed by atoms with Crippen LogP contribution >= 0.6 is 0 Å². The minimum Gasteiger partial charge on any atom is -0.469 e. The predicted molar refractivity (Wildman–Crippen MR) is 82.0 cm³/mol. The van der Waals surface area contributed by atoms with Crippen LogP contribution in [0.2, 0.25) is 0 Å². The van der Waals surface area contributed by atoms with Gasteiger partial charge in [0.15, 0.2) is 0 Å². The molecule has 0 saturated heterocycles. The molecule has 0 aromatic heterocycles. The lowest BCUT2D eigenvalue weighted by Crippen LogP contribution is -2.15. The Hall–Kier alpha value is -0.790. The zero-order valence-electron chi connectivity index (χ0n) is 13.3. The summed E-state index contributed by atoms with van der Waals surface area (Å²) in [4.78, 5) is 9.59. The fourth-order valence-electron chi connectivity index (χ4n) is 4.02. The highest BCUT2D eigenvalue weighted by Crippen LogP contribution is 2.58. The first-order valence-electron chi connectivity index (χ1n) is 7.77. The fourth-order valence-corrected chi connectivity index (χ4v) is 4.02. The Kier molecular flexibility index (Phi) is 9.63. The van der Waals surface area contributed by atoms with E-state index >= 15 is 0 Å². The predicted octanol–water partition coefficient (Wildman–Crippen LogP) is 4.84. The molecular weight excluding hydrogens is 236 g/mol. The Bertz CT molecular complexity index is 234. The minimum atomic E-state index is -0.245. The molecule has 112 valence electrons. The van der Waals surface area contributed by atoms with E-state index in [2.05, 4.69) is 17.9 Å². The van der Waals surface area contributed by atoms with Gasteiger partial charge in [0, 0.05) is 6.92 Å². The summed E-state index contributed by atoms with van der Waals surface area (Å²) in [6.07, 6.45) is 9.53. The van der Waals surface area contributed by atoms with Crippen molar-refractivity contribution in [1.82, 2.24) is 0 Å². The second-order valence-corrected chi connectivity index (χ2v) is 5.29. The Morgan fingerprint density at radius 3 is 1.68 bits per heavy atom. The molecule has 0 aliphatic heterocycles. The van der Waals surface area contributed by atoms with Crippen molar-refractivity contribution in [3.05, 3.63) is 13.2 Å². The number of carbonyl (C=O) groups is 1. The maximum atomic E-state index is 9.59. The summed E-state index contributed by atoms with van der Waals surface area (Å²) in [5, 5.41) is 0. The van der Waals surface area contributed by atoms with Gasteiger partial charge in [-0.1, -0.05) is 20.3 Å². The van der Waals surface area contributed by atoms with Crippen molar-refractivity contribution in [3.63, 3.8) is 0 Å². The number of rotatable bonds is 0. The van der Waals surface area contributed by atoms with Gasteiger partial charge in [-0.3, -0.25) is 4.79 Å². The van der Waals surface area contributed by atoms with Gasteiger partial charge in [-0.15, -0.1) is 13.2 Å². The molecule has 3 aliphatic carbocycles. The first kappa shape index (κ1) is 18.2. The number of carbonyl (C=O) groups excluding carboxylic acids is 1. The third-order valence-electron chi connectivity index (χ3n) is 4.64. The minimum absolute atomic E-state index is 0.245. The number of methoxy groups -OCH3 is 1. The van der Waals surface area contributed by atoms with E-state index in [1.54, 1.807) is 38.5 Å². The Labute approximate surface area is 119 Å². The third-order valence-corrected chi connectivity index (χ3v) is 4.64. The van der Waals surface area contributed by atoms with E-state index in [9.17, 15) is 4.79 Å². The number of esters is 1. The van der Waals surface area contributed by atoms with E-state index in [-0.39, 0.29) is 5.97 Å². The lowest BCUT2D eigenvalue weighted by molar-refractivity contribution is -0.137. The number of hydrogen-bond acceptors (Lipinski definition) is 2. The van der Waals surface area contributed by atoms with Crippen molar-refractivity contribution >= 4 is 5.97 Å². The second kappa shape index (κ2) is 10.1. The van der Waals surface area contributed by atoms with Crippen LogP contribution in [0, 0.1) is 23.7 Å². The molecule has 0 aromatic carbocycles. The maximum absolute atomic E-state index is 9.59. The van der Waals surface area contributed by atoms with Crippen molar-refractivity contribution in [2.45, 2.75) is 59.3 Å². The molecule has 0 spiro atoms. The molecule has 0 N–H and O–H groups in total. The van der Waals surface area contributed by atoms with E-state index in [0.29, 0.717) is 0 Å². The molecule has 2 bridgehead atoms. The van der Waals surface area contributed by atoms with Crippen LogP contribution in [-0.4, -0.2) is 13.1 Å². The fraction of sp³-hybridized carbons (Fsp3) is 0.824. The van der Waals surface area contributed by atoms with E-state index in [1.165, 1.54) is 37.7 Å². The van der Waals surface area contributed by atoms with Crippen molar-refractivity contribution in [3.8, 4) is 0 Å². The molecule has 19 heavy (non-hydrogen) atoms. The summed E-state index contributed by atoms with van der Waals surface area (Å²) in [7, 11) is 1.35. The van der Waals surface area contributed by atoms with Gasteiger partial charge in [-0.05, 0) is 55.8 Å². The molecule has 0 amide bonds. The lowest BCUT2D eigenvalue weighted by Gasteiger charge is -2.23. The molecule has 0 aromatic rings. The normalized spacial score (nSPS) is 32.6. The van der Waals surface area contributed by atoms with Gasteiger partial charge < -0.3 is 4.74 Å². The zero-order chi connectivity index (χ0) is 14.8. The Morgan fingerprint density at radius 1 is 1.00 bits per heavy atom. The molecule has 3 rings (SSSR count). The molecule has 4 unspecified atom stereocenters. The average molecular weight is 268 g/mol. The van der Waals surface area contributed by atoms with Crippen LogP contribution in [-0.2, 0) is 9.53 Å². The molecule has 4 atom stereocenters. The standard InChI is InChI=1S/C10H16.C3H6O2.C2H6.C2H4/c1-2-9-7-4-5-8(6-7)10(9)3-1;1-3(4)5-2;2*1-2/h7-10H,1-6H2;1-2H3;1-2H3;1-2H2. The monoisotopic (exact) mass is 268 g/mol. The molecule has 3 fully saturated rings. The maximum Gasteiger partial charge on any atom is 0.302 e. The Morgan fingerprint density at radius 2 is 1.37 bits per heavy atom. The molecule has 2 nitrogen and oxygen atoms in total. The molecule has 2 heteroatoms. The van der Waals surface area contributed by atoms with Gasteiger partial charge in [0.1, 0.15) is 0 Å². The van der Waals surface area contributed by atoms with Crippen LogP contribution in [0.4, 0.5) is 0 Å². The molecular formula is C17H32O2. The summed E-state index contributed by atoms with van der Waals surface area (Å²) in [6, 6.07) is 0. The molecule has 0 heterocycles. The molecule has 0 radical (unpaired) electrons. The van der Waals surface area contributed by atoms with Gasteiger partial charge in [0.05, 0.1) is 7.11 Å². The molecule has 3 saturated carbocycles. The van der Waals surface area contributed by atoms with Crippen LogP contribution in [0.1, 0.15) is 59.3 Å². The van der Waals surface area contributed by atoms with E-state index in [1.807, 2.05) is 13.8 Å². The largest absolute Gasteiger partial charge is 0.469 e. The van der Waals surface area contributed by atoms with Crippen LogP contribution in [0.15, 0.2) is 13.2 Å². The average Bonchev–Trinajstić information content (AvgIpc) is 3.17. The third kappa shape index (κ3) is 5.00. The SMILES string of the molecule is C1CC2C3CCC(C3)C2C1.C=C.CC.COC(C)=O. The summed E-state index contributed by atoms with van der Waals surface area (Å²) < 4.78 is 4.11. The molecule has 3 aliphatic rings. The highest BCUT2D eigenvalue weighted by atomic mass is 16.5. The van der Waals surface area contributed by atoms with Crippen molar-refractivity contribution in [2.75, 3.05) is 7.11 Å². The topological polar surface area (TPSA) is 26.3 Å². The number of fused-ring (bicyclic) bond motifs is 5. The van der Waals surface area contributed by atoms with Gasteiger partial charge in [-0.2, -0.15) is 0 Å². The Balaban J connectivity index is 0.000000313. The van der Waals surface area contributed by atoms with Crippen molar-refractivity contribution < 1.29 is 9.53 Å². The summed E-state index contributed by atoms with van der Waals surface area (Å²) in [6.45, 7) is 11.4. The van der Waals surface area contributed by atoms with E-state index < -0.39 is 0 Å². The second-order valence-electron chi connectivity index (χ2n) is 5.29. The number of hydrogen-bond donors (Lipinski definition) is 0. The van der Waals surface area contributed by atoms with Crippen LogP contribution in [0.3, 0.4) is 0 Å². The first-order valence-corrected chi connectivity index (χ1v) is 7.77. The van der Waals surface area contributed by atoms with Gasteiger partial charge >= 0.3 is 5.97 Å². The first-order chi connectivity index (χ1) is 9.22. The lowest BCUT2D eigenvalue weighted by atomic mass is 9.82. The highest BCUT2D eigenvalue weighted by molar-refractivity contribution is 5.65. The van der Waals surface area contributed by atoms with E-state index in [4.69, 9.17) is 0 Å². The summed E-state index contributed by atoms with van der Waals surface area (Å²) in [5.41, 5.74) is 0. The van der Waals surface area contributed by atoms with Crippen molar-refractivity contribution in [1.29, 1.82) is 0 Å². The summed E-state index contributed by atoms with van der Waals surface area (Å²) >= 11 is 0. The highest BCUT2D eigenvalue weighted by Gasteiger charge is 2.48. The van der Waals surface area contributed by atoms with Gasteiger partial charge in [0.25, 0.3) is 0 Å². The smallest absolute Gasteiger partial charge is 0.302 e. The summed E-state index contributed by atoms with van der Waals surface area (Å²) in [5.74, 6) is 4.55. The quantitative estimate of drug-likeness (QED) is 0.464. The van der Waals surface area contributed by atoms with Crippen molar-refractivity contribution in [2.24, 2.45) is 23.7 Å². The van der Waals surface area contributed by atoms with Crippen LogP contribution in [0.5, 0.6) is 0 Å². The number of ether oxygens (including phenoxy) is 1. The van der Waals surface area contributed by atoms with Gasteiger partial charge in [-0.25, -0.2) is 0 Å². The van der Waals surface area contributed by atoms with E-state index in [0.717, 1.165) is 0 Å².